The Kier molecular flexibility index (Phi) is 6.67. The molecule has 0 aromatic heterocycles. The van der Waals surface area contributed by atoms with E-state index in [1.807, 2.05) is 0 Å². The molecule has 0 saturated carbocycles. The Balaban J connectivity index is 2.21. The van der Waals surface area contributed by atoms with Crippen LogP contribution in [0.1, 0.15) is 0 Å². The maximum Gasteiger partial charge on any atom is 0.243 e. The zero-order chi connectivity index (χ0) is 21.1. The van der Waals surface area contributed by atoms with Gasteiger partial charge >= 0.3 is 0 Å². The Morgan fingerprint density at radius 3 is 2.00 bits per heavy atom. The highest BCUT2D eigenvalue weighted by atomic mass is 32.2. The van der Waals surface area contributed by atoms with Gasteiger partial charge in [-0.2, -0.15) is 0 Å². The molecule has 1 heterocycles. The van der Waals surface area contributed by atoms with E-state index in [0.717, 1.165) is 14.9 Å². The third kappa shape index (κ3) is 5.00. The van der Waals surface area contributed by atoms with Crippen molar-refractivity contribution >= 4 is 38.1 Å². The number of rotatable bonds is 7. The van der Waals surface area contributed by atoms with Gasteiger partial charge in [-0.3, -0.25) is 13.9 Å². The van der Waals surface area contributed by atoms with Crippen LogP contribution in [0.5, 0.6) is 0 Å². The van der Waals surface area contributed by atoms with Crippen LogP contribution in [0.25, 0.3) is 0 Å². The summed E-state index contributed by atoms with van der Waals surface area (Å²) in [5, 5.41) is 0. The summed E-state index contributed by atoms with van der Waals surface area (Å²) in [6, 6.07) is 5.32. The van der Waals surface area contributed by atoms with Crippen molar-refractivity contribution in [2.45, 2.75) is 4.90 Å². The van der Waals surface area contributed by atoms with Crippen LogP contribution < -0.4 is 4.31 Å². The number of carbonyl (C=O) groups excluding carboxylic acids is 2. The molecule has 1 saturated heterocycles. The van der Waals surface area contributed by atoms with Crippen molar-refractivity contribution in [3.63, 3.8) is 0 Å². The maximum atomic E-state index is 12.5. The third-order valence-electron chi connectivity index (χ3n) is 4.40. The van der Waals surface area contributed by atoms with Crippen molar-refractivity contribution in [1.82, 2.24) is 14.1 Å². The lowest BCUT2D eigenvalue weighted by molar-refractivity contribution is -0.133. The van der Waals surface area contributed by atoms with Crippen LogP contribution in [0, 0.1) is 0 Å². The molecular formula is C16H24N4O6S2. The zero-order valence-corrected chi connectivity index (χ0v) is 17.6. The molecule has 0 aliphatic carbocycles. The van der Waals surface area contributed by atoms with Crippen molar-refractivity contribution in [3.8, 4) is 0 Å². The van der Waals surface area contributed by atoms with Crippen molar-refractivity contribution < 1.29 is 26.4 Å². The monoisotopic (exact) mass is 432 g/mol. The highest BCUT2D eigenvalue weighted by molar-refractivity contribution is 7.92. The van der Waals surface area contributed by atoms with E-state index in [-0.39, 0.29) is 16.5 Å². The van der Waals surface area contributed by atoms with Crippen LogP contribution in [0.3, 0.4) is 0 Å². The third-order valence-corrected chi connectivity index (χ3v) is 7.37. The first-order chi connectivity index (χ1) is 13.0. The molecule has 28 heavy (non-hydrogen) atoms. The number of carbonyl (C=O) groups is 2. The number of piperazine rings is 1. The van der Waals surface area contributed by atoms with Gasteiger partial charge in [0.1, 0.15) is 6.54 Å². The van der Waals surface area contributed by atoms with E-state index >= 15 is 0 Å². The van der Waals surface area contributed by atoms with Crippen LogP contribution in [-0.4, -0.2) is 96.3 Å². The smallest absolute Gasteiger partial charge is 0.243 e. The average molecular weight is 433 g/mol. The Labute approximate surface area is 165 Å². The van der Waals surface area contributed by atoms with E-state index < -0.39 is 26.6 Å². The number of hydrogen-bond acceptors (Lipinski definition) is 6. The second-order valence-corrected chi connectivity index (χ2v) is 10.6. The lowest BCUT2D eigenvalue weighted by atomic mass is 10.3. The summed E-state index contributed by atoms with van der Waals surface area (Å²) in [7, 11) is -4.62. The molecule has 1 fully saturated rings. The SMILES string of the molecule is CN(C)S(=O)(=O)c1ccc(N(CC(=O)N2CCN(C=O)CC2)S(C)(=O)=O)cc1. The van der Waals surface area contributed by atoms with Gasteiger partial charge in [0.2, 0.25) is 32.4 Å². The molecule has 1 aromatic carbocycles. The van der Waals surface area contributed by atoms with Gasteiger partial charge in [-0.1, -0.05) is 0 Å². The minimum atomic E-state index is -3.77. The molecule has 2 rings (SSSR count). The second kappa shape index (κ2) is 8.45. The quantitative estimate of drug-likeness (QED) is 0.511. The molecule has 12 heteroatoms. The lowest BCUT2D eigenvalue weighted by Gasteiger charge is -2.34. The van der Waals surface area contributed by atoms with Gasteiger partial charge in [0.25, 0.3) is 0 Å². The molecule has 0 bridgehead atoms. The van der Waals surface area contributed by atoms with Gasteiger partial charge in [0.05, 0.1) is 16.8 Å². The summed E-state index contributed by atoms with van der Waals surface area (Å²) in [6.45, 7) is 1.04. The van der Waals surface area contributed by atoms with Gasteiger partial charge in [-0.05, 0) is 24.3 Å². The van der Waals surface area contributed by atoms with Gasteiger partial charge in [0, 0.05) is 40.3 Å². The molecule has 1 aliphatic heterocycles. The number of anilines is 1. The molecule has 0 atom stereocenters. The van der Waals surface area contributed by atoms with E-state index in [2.05, 4.69) is 0 Å². The van der Waals surface area contributed by atoms with Crippen molar-refractivity contribution in [2.75, 3.05) is 57.4 Å². The molecule has 1 aliphatic rings. The maximum absolute atomic E-state index is 12.5. The topological polar surface area (TPSA) is 115 Å². The Morgan fingerprint density at radius 2 is 1.57 bits per heavy atom. The highest BCUT2D eigenvalue weighted by Crippen LogP contribution is 2.22. The summed E-state index contributed by atoms with van der Waals surface area (Å²) in [5.74, 6) is -0.388. The van der Waals surface area contributed by atoms with Gasteiger partial charge < -0.3 is 9.80 Å². The summed E-state index contributed by atoms with van der Waals surface area (Å²) < 4.78 is 50.7. The molecule has 1 aromatic rings. The zero-order valence-electron chi connectivity index (χ0n) is 16.0. The van der Waals surface area contributed by atoms with Crippen molar-refractivity contribution in [3.05, 3.63) is 24.3 Å². The van der Waals surface area contributed by atoms with E-state index in [0.29, 0.717) is 32.6 Å². The van der Waals surface area contributed by atoms with Crippen LogP contribution in [0.15, 0.2) is 29.2 Å². The Morgan fingerprint density at radius 1 is 1.04 bits per heavy atom. The molecule has 0 unspecified atom stereocenters. The number of amides is 2. The molecule has 0 N–H and O–H groups in total. The number of sulfonamides is 2. The molecule has 156 valence electrons. The predicted octanol–water partition coefficient (Wildman–Crippen LogP) is -0.996. The van der Waals surface area contributed by atoms with E-state index in [9.17, 15) is 26.4 Å². The number of benzene rings is 1. The first kappa shape index (κ1) is 22.1. The molecule has 2 amide bonds. The standard InChI is InChI=1S/C16H24N4O6S2/c1-17(2)28(25,26)15-6-4-14(5-7-15)20(27(3,23)24)12-16(22)19-10-8-18(13-21)9-11-19/h4-7,13H,8-12H2,1-3H3. The van der Waals surface area contributed by atoms with Gasteiger partial charge in [-0.25, -0.2) is 21.1 Å². The summed E-state index contributed by atoms with van der Waals surface area (Å²) in [5.41, 5.74) is 0.195. The largest absolute Gasteiger partial charge is 0.342 e. The molecule has 0 radical (unpaired) electrons. The first-order valence-corrected chi connectivity index (χ1v) is 11.7. The normalized spacial score (nSPS) is 15.6. The minimum absolute atomic E-state index is 0.0195. The van der Waals surface area contributed by atoms with Gasteiger partial charge in [-0.15, -0.1) is 0 Å². The van der Waals surface area contributed by atoms with Crippen LogP contribution in [-0.2, 0) is 29.6 Å². The van der Waals surface area contributed by atoms with E-state index in [1.165, 1.54) is 43.3 Å². The Bertz CT molecular complexity index is 920. The lowest BCUT2D eigenvalue weighted by Crippen LogP contribution is -2.51. The van der Waals surface area contributed by atoms with Gasteiger partial charge in [0.15, 0.2) is 0 Å². The fraction of sp³-hybridized carbons (Fsp3) is 0.500. The summed E-state index contributed by atoms with van der Waals surface area (Å²) >= 11 is 0. The number of hydrogen-bond donors (Lipinski definition) is 0. The molecular weight excluding hydrogens is 408 g/mol. The Hall–Kier alpha value is -2.18. The first-order valence-electron chi connectivity index (χ1n) is 8.44. The van der Waals surface area contributed by atoms with Crippen molar-refractivity contribution in [1.29, 1.82) is 0 Å². The summed E-state index contributed by atoms with van der Waals surface area (Å²) in [4.78, 5) is 26.4. The average Bonchev–Trinajstić information content (AvgIpc) is 2.65. The minimum Gasteiger partial charge on any atom is -0.342 e. The fourth-order valence-corrected chi connectivity index (χ4v) is 4.45. The predicted molar refractivity (Wildman–Crippen MR) is 104 cm³/mol. The van der Waals surface area contributed by atoms with E-state index in [1.54, 1.807) is 4.90 Å². The van der Waals surface area contributed by atoms with Crippen LogP contribution in [0.2, 0.25) is 0 Å². The highest BCUT2D eigenvalue weighted by Gasteiger charge is 2.27. The van der Waals surface area contributed by atoms with Crippen molar-refractivity contribution in [2.24, 2.45) is 0 Å². The summed E-state index contributed by atoms with van der Waals surface area (Å²) in [6.07, 6.45) is 1.70. The van der Waals surface area contributed by atoms with Crippen LogP contribution in [0.4, 0.5) is 5.69 Å². The second-order valence-electron chi connectivity index (χ2n) is 6.57. The molecule has 0 spiro atoms. The molecule has 10 nitrogen and oxygen atoms in total. The van der Waals surface area contributed by atoms with Crippen LogP contribution >= 0.6 is 0 Å². The fourth-order valence-electron chi connectivity index (χ4n) is 2.69. The van der Waals surface area contributed by atoms with E-state index in [4.69, 9.17) is 0 Å². The number of nitrogens with zero attached hydrogens (tertiary/aromatic N) is 4.